The van der Waals surface area contributed by atoms with Crippen LogP contribution in [0.15, 0.2) is 12.4 Å². The summed E-state index contributed by atoms with van der Waals surface area (Å²) >= 11 is 0. The van der Waals surface area contributed by atoms with Gasteiger partial charge in [-0.3, -0.25) is 9.78 Å². The number of likely N-dealkylation sites (tertiary alicyclic amines) is 1. The average Bonchev–Trinajstić information content (AvgIpc) is 2.39. The molecule has 0 saturated carbocycles. The van der Waals surface area contributed by atoms with Crippen molar-refractivity contribution >= 4 is 11.9 Å². The second-order valence-corrected chi connectivity index (χ2v) is 4.88. The standard InChI is InChI=1S/C13H17N3O3/c1-9(17)16-4-2-3-10(8-16)5-11-6-15-12(7-14-11)13(18)19/h6-7,10H,2-5,8H2,1H3,(H,18,19)/t10-/m0/s1. The molecule has 1 aliphatic heterocycles. The summed E-state index contributed by atoms with van der Waals surface area (Å²) in [4.78, 5) is 31.8. The van der Waals surface area contributed by atoms with Gasteiger partial charge in [-0.05, 0) is 25.2 Å². The lowest BCUT2D eigenvalue weighted by atomic mass is 9.93. The van der Waals surface area contributed by atoms with E-state index in [9.17, 15) is 9.59 Å². The second kappa shape index (κ2) is 5.77. The van der Waals surface area contributed by atoms with Crippen molar-refractivity contribution in [3.63, 3.8) is 0 Å². The predicted molar refractivity (Wildman–Crippen MR) is 67.7 cm³/mol. The van der Waals surface area contributed by atoms with E-state index in [2.05, 4.69) is 9.97 Å². The summed E-state index contributed by atoms with van der Waals surface area (Å²) in [6.07, 6.45) is 5.59. The Hall–Kier alpha value is -1.98. The largest absolute Gasteiger partial charge is 0.476 e. The summed E-state index contributed by atoms with van der Waals surface area (Å²) in [7, 11) is 0. The molecule has 6 heteroatoms. The predicted octanol–water partition coefficient (Wildman–Crippen LogP) is 0.976. The smallest absolute Gasteiger partial charge is 0.356 e. The molecule has 0 bridgehead atoms. The van der Waals surface area contributed by atoms with Crippen molar-refractivity contribution in [1.29, 1.82) is 0 Å². The van der Waals surface area contributed by atoms with Crippen molar-refractivity contribution in [2.45, 2.75) is 26.2 Å². The van der Waals surface area contributed by atoms with Gasteiger partial charge in [0.25, 0.3) is 0 Å². The number of hydrogen-bond acceptors (Lipinski definition) is 4. The van der Waals surface area contributed by atoms with Crippen LogP contribution >= 0.6 is 0 Å². The van der Waals surface area contributed by atoms with E-state index in [1.165, 1.54) is 12.4 Å². The number of nitrogens with zero attached hydrogens (tertiary/aromatic N) is 3. The maximum absolute atomic E-state index is 11.3. The van der Waals surface area contributed by atoms with Crippen LogP contribution in [0.1, 0.15) is 35.9 Å². The Bertz CT molecular complexity index is 473. The third-order valence-electron chi connectivity index (χ3n) is 3.39. The quantitative estimate of drug-likeness (QED) is 0.878. The molecular formula is C13H17N3O3. The molecule has 1 aromatic heterocycles. The highest BCUT2D eigenvalue weighted by molar-refractivity contribution is 5.84. The van der Waals surface area contributed by atoms with Gasteiger partial charge in [-0.15, -0.1) is 0 Å². The maximum atomic E-state index is 11.3. The number of carboxylic acid groups (broad SMARTS) is 1. The van der Waals surface area contributed by atoms with E-state index in [-0.39, 0.29) is 11.6 Å². The molecule has 2 rings (SSSR count). The zero-order chi connectivity index (χ0) is 13.8. The van der Waals surface area contributed by atoms with Crippen LogP contribution < -0.4 is 0 Å². The number of rotatable bonds is 3. The van der Waals surface area contributed by atoms with Gasteiger partial charge in [0.15, 0.2) is 5.69 Å². The van der Waals surface area contributed by atoms with E-state index in [0.717, 1.165) is 38.0 Å². The van der Waals surface area contributed by atoms with Gasteiger partial charge in [0.1, 0.15) is 0 Å². The van der Waals surface area contributed by atoms with Crippen LogP contribution in [0.2, 0.25) is 0 Å². The average molecular weight is 263 g/mol. The van der Waals surface area contributed by atoms with Gasteiger partial charge in [0.05, 0.1) is 11.9 Å². The second-order valence-electron chi connectivity index (χ2n) is 4.88. The number of piperidine rings is 1. The molecule has 2 heterocycles. The molecule has 0 unspecified atom stereocenters. The van der Waals surface area contributed by atoms with Gasteiger partial charge >= 0.3 is 5.97 Å². The zero-order valence-corrected chi connectivity index (χ0v) is 10.9. The van der Waals surface area contributed by atoms with E-state index in [1.54, 1.807) is 6.92 Å². The number of aromatic carboxylic acids is 1. The summed E-state index contributed by atoms with van der Waals surface area (Å²) in [5.41, 5.74) is 0.734. The highest BCUT2D eigenvalue weighted by atomic mass is 16.4. The Morgan fingerprint density at radius 3 is 2.79 bits per heavy atom. The number of amides is 1. The van der Waals surface area contributed by atoms with Crippen molar-refractivity contribution in [3.8, 4) is 0 Å². The lowest BCUT2D eigenvalue weighted by Crippen LogP contribution is -2.39. The molecule has 1 N–H and O–H groups in total. The normalized spacial score (nSPS) is 19.2. The number of hydrogen-bond donors (Lipinski definition) is 1. The summed E-state index contributed by atoms with van der Waals surface area (Å²) in [6.45, 7) is 3.16. The first kappa shape index (κ1) is 13.5. The van der Waals surface area contributed by atoms with Gasteiger partial charge in [0.2, 0.25) is 5.91 Å². The number of carbonyl (C=O) groups excluding carboxylic acids is 1. The first-order chi connectivity index (χ1) is 9.06. The molecule has 0 spiro atoms. The summed E-state index contributed by atoms with van der Waals surface area (Å²) in [6, 6.07) is 0. The molecule has 1 amide bonds. The van der Waals surface area contributed by atoms with Gasteiger partial charge in [0, 0.05) is 26.2 Å². The molecule has 6 nitrogen and oxygen atoms in total. The molecule has 0 aliphatic carbocycles. The lowest BCUT2D eigenvalue weighted by Gasteiger charge is -2.31. The van der Waals surface area contributed by atoms with Crippen molar-refractivity contribution in [3.05, 3.63) is 23.8 Å². The van der Waals surface area contributed by atoms with Crippen molar-refractivity contribution in [1.82, 2.24) is 14.9 Å². The third-order valence-corrected chi connectivity index (χ3v) is 3.39. The molecule has 1 saturated heterocycles. The molecule has 0 radical (unpaired) electrons. The Morgan fingerprint density at radius 2 is 2.21 bits per heavy atom. The SMILES string of the molecule is CC(=O)N1CCC[C@@H](Cc2cnc(C(=O)O)cn2)C1. The minimum Gasteiger partial charge on any atom is -0.476 e. The van der Waals surface area contributed by atoms with Crippen LogP contribution in [0.4, 0.5) is 0 Å². The minimum absolute atomic E-state index is 0.0437. The van der Waals surface area contributed by atoms with Crippen LogP contribution in [0.5, 0.6) is 0 Å². The van der Waals surface area contributed by atoms with Crippen LogP contribution in [-0.4, -0.2) is 44.9 Å². The molecule has 1 atom stereocenters. The first-order valence-corrected chi connectivity index (χ1v) is 6.36. The zero-order valence-electron chi connectivity index (χ0n) is 10.9. The van der Waals surface area contributed by atoms with Gasteiger partial charge in [-0.2, -0.15) is 0 Å². The third kappa shape index (κ3) is 3.49. The highest BCUT2D eigenvalue weighted by Crippen LogP contribution is 2.19. The fourth-order valence-electron chi connectivity index (χ4n) is 2.38. The van der Waals surface area contributed by atoms with Gasteiger partial charge in [-0.25, -0.2) is 9.78 Å². The van der Waals surface area contributed by atoms with E-state index in [1.807, 2.05) is 4.90 Å². The Labute approximate surface area is 111 Å². The summed E-state index contributed by atoms with van der Waals surface area (Å²) in [5.74, 6) is -0.584. The number of carboxylic acids is 1. The highest BCUT2D eigenvalue weighted by Gasteiger charge is 2.22. The summed E-state index contributed by atoms with van der Waals surface area (Å²) in [5, 5.41) is 8.75. The lowest BCUT2D eigenvalue weighted by molar-refractivity contribution is -0.130. The first-order valence-electron chi connectivity index (χ1n) is 6.36. The monoisotopic (exact) mass is 263 g/mol. The van der Waals surface area contributed by atoms with E-state index >= 15 is 0 Å². The summed E-state index contributed by atoms with van der Waals surface area (Å²) < 4.78 is 0. The fourth-order valence-corrected chi connectivity index (χ4v) is 2.38. The van der Waals surface area contributed by atoms with E-state index < -0.39 is 5.97 Å². The molecule has 0 aromatic carbocycles. The minimum atomic E-state index is -1.07. The van der Waals surface area contributed by atoms with E-state index in [4.69, 9.17) is 5.11 Å². The topological polar surface area (TPSA) is 83.4 Å². The molecule has 1 fully saturated rings. The number of aromatic nitrogens is 2. The maximum Gasteiger partial charge on any atom is 0.356 e. The van der Waals surface area contributed by atoms with Crippen molar-refractivity contribution in [2.24, 2.45) is 5.92 Å². The van der Waals surface area contributed by atoms with Crippen molar-refractivity contribution in [2.75, 3.05) is 13.1 Å². The van der Waals surface area contributed by atoms with Gasteiger partial charge < -0.3 is 10.0 Å². The van der Waals surface area contributed by atoms with Crippen molar-refractivity contribution < 1.29 is 14.7 Å². The van der Waals surface area contributed by atoms with Gasteiger partial charge in [-0.1, -0.05) is 0 Å². The Kier molecular flexibility index (Phi) is 4.09. The fraction of sp³-hybridized carbons (Fsp3) is 0.538. The Balaban J connectivity index is 1.96. The van der Waals surface area contributed by atoms with E-state index in [0.29, 0.717) is 5.92 Å². The Morgan fingerprint density at radius 1 is 1.42 bits per heavy atom. The molecular weight excluding hydrogens is 246 g/mol. The van der Waals surface area contributed by atoms with Crippen LogP contribution in [0.25, 0.3) is 0 Å². The van der Waals surface area contributed by atoms with Crippen LogP contribution in [0, 0.1) is 5.92 Å². The van der Waals surface area contributed by atoms with Crippen LogP contribution in [-0.2, 0) is 11.2 Å². The molecule has 19 heavy (non-hydrogen) atoms. The molecule has 1 aromatic rings. The number of carbonyl (C=O) groups is 2. The van der Waals surface area contributed by atoms with Crippen LogP contribution in [0.3, 0.4) is 0 Å². The molecule has 1 aliphatic rings. The molecule has 102 valence electrons.